The van der Waals surface area contributed by atoms with Gasteiger partial charge >= 0.3 is 0 Å². The van der Waals surface area contributed by atoms with Crippen LogP contribution in [0.4, 0.5) is 0 Å². The van der Waals surface area contributed by atoms with Crippen molar-refractivity contribution in [3.8, 4) is 0 Å². The maximum atomic E-state index is 4.55. The van der Waals surface area contributed by atoms with E-state index in [0.717, 1.165) is 25.1 Å². The minimum Gasteiger partial charge on any atom is -0.305 e. The van der Waals surface area contributed by atoms with Crippen LogP contribution in [0.5, 0.6) is 0 Å². The molecule has 1 atom stereocenters. The van der Waals surface area contributed by atoms with Crippen molar-refractivity contribution >= 4 is 0 Å². The number of rotatable bonds is 6. The Morgan fingerprint density at radius 3 is 2.79 bits per heavy atom. The Bertz CT molecular complexity index is 518. The Labute approximate surface area is 114 Å². The maximum absolute atomic E-state index is 4.55. The minimum atomic E-state index is 0.152. The molecule has 0 aromatic carbocycles. The normalized spacial score (nSPS) is 12.6. The predicted molar refractivity (Wildman–Crippen MR) is 77.0 cm³/mol. The van der Waals surface area contributed by atoms with Crippen LogP contribution in [-0.4, -0.2) is 21.3 Å². The van der Waals surface area contributed by atoms with E-state index in [0.29, 0.717) is 0 Å². The molecule has 2 aromatic heterocycles. The Hall–Kier alpha value is -1.68. The lowest BCUT2D eigenvalue weighted by molar-refractivity contribution is 0.571. The van der Waals surface area contributed by atoms with Crippen molar-refractivity contribution in [1.29, 1.82) is 0 Å². The summed E-state index contributed by atoms with van der Waals surface area (Å²) in [5.41, 5.74) is 3.63. The molecule has 2 rings (SSSR count). The lowest BCUT2D eigenvalue weighted by Gasteiger charge is -2.19. The molecule has 0 spiro atoms. The summed E-state index contributed by atoms with van der Waals surface area (Å²) in [6.45, 7) is 5.32. The van der Waals surface area contributed by atoms with E-state index in [9.17, 15) is 0 Å². The fourth-order valence-corrected chi connectivity index (χ4v) is 2.26. The van der Waals surface area contributed by atoms with Crippen molar-refractivity contribution in [2.45, 2.75) is 32.7 Å². The second-order valence-corrected chi connectivity index (χ2v) is 4.73. The molecular formula is C15H22N4. The molecule has 0 amide bonds. The average molecular weight is 258 g/mol. The van der Waals surface area contributed by atoms with Crippen LogP contribution in [0.25, 0.3) is 0 Å². The molecule has 102 valence electrons. The number of hydrogen-bond donors (Lipinski definition) is 1. The smallest absolute Gasteiger partial charge is 0.0839 e. The molecule has 0 saturated heterocycles. The average Bonchev–Trinajstić information content (AvgIpc) is 2.86. The summed E-state index contributed by atoms with van der Waals surface area (Å²) in [6.07, 6.45) is 7.90. The van der Waals surface area contributed by atoms with Crippen LogP contribution in [-0.2, 0) is 13.5 Å². The van der Waals surface area contributed by atoms with Crippen molar-refractivity contribution in [2.75, 3.05) is 6.54 Å². The molecule has 0 saturated carbocycles. The number of nitrogens with one attached hydrogen (secondary N) is 1. The van der Waals surface area contributed by atoms with Gasteiger partial charge in [0.05, 0.1) is 11.7 Å². The van der Waals surface area contributed by atoms with Crippen molar-refractivity contribution in [3.63, 3.8) is 0 Å². The Kier molecular flexibility index (Phi) is 4.68. The van der Waals surface area contributed by atoms with Crippen LogP contribution < -0.4 is 5.32 Å². The van der Waals surface area contributed by atoms with Gasteiger partial charge in [-0.15, -0.1) is 0 Å². The fraction of sp³-hybridized carbons (Fsp3) is 0.467. The predicted octanol–water partition coefficient (Wildman–Crippen LogP) is 2.47. The summed E-state index contributed by atoms with van der Waals surface area (Å²) in [7, 11) is 1.95. The van der Waals surface area contributed by atoms with Gasteiger partial charge < -0.3 is 5.32 Å². The van der Waals surface area contributed by atoms with Gasteiger partial charge in [-0.3, -0.25) is 9.67 Å². The van der Waals surface area contributed by atoms with E-state index in [2.05, 4.69) is 41.4 Å². The first kappa shape index (κ1) is 13.7. The molecular weight excluding hydrogens is 236 g/mol. The molecule has 0 aliphatic carbocycles. The van der Waals surface area contributed by atoms with Crippen LogP contribution in [0, 0.1) is 0 Å². The highest BCUT2D eigenvalue weighted by Gasteiger charge is 2.18. The highest BCUT2D eigenvalue weighted by Crippen LogP contribution is 2.23. The van der Waals surface area contributed by atoms with Crippen molar-refractivity contribution in [2.24, 2.45) is 7.05 Å². The number of aryl methyl sites for hydroxylation is 2. The summed E-state index contributed by atoms with van der Waals surface area (Å²) in [6, 6.07) is 4.33. The van der Waals surface area contributed by atoms with Crippen LogP contribution in [0.3, 0.4) is 0 Å². The first-order chi connectivity index (χ1) is 9.26. The van der Waals surface area contributed by atoms with Gasteiger partial charge in [-0.25, -0.2) is 0 Å². The van der Waals surface area contributed by atoms with Gasteiger partial charge in [-0.2, -0.15) is 5.10 Å². The highest BCUT2D eigenvalue weighted by atomic mass is 15.3. The van der Waals surface area contributed by atoms with Crippen LogP contribution in [0.1, 0.15) is 43.1 Å². The minimum absolute atomic E-state index is 0.152. The van der Waals surface area contributed by atoms with Gasteiger partial charge in [0.25, 0.3) is 0 Å². The first-order valence-corrected chi connectivity index (χ1v) is 6.92. The summed E-state index contributed by atoms with van der Waals surface area (Å²) >= 11 is 0. The summed E-state index contributed by atoms with van der Waals surface area (Å²) in [4.78, 5) is 4.22. The number of nitrogens with zero attached hydrogens (tertiary/aromatic N) is 3. The topological polar surface area (TPSA) is 42.7 Å². The van der Waals surface area contributed by atoms with E-state index in [-0.39, 0.29) is 6.04 Å². The zero-order valence-electron chi connectivity index (χ0n) is 11.9. The summed E-state index contributed by atoms with van der Waals surface area (Å²) < 4.78 is 1.85. The fourth-order valence-electron chi connectivity index (χ4n) is 2.26. The first-order valence-electron chi connectivity index (χ1n) is 6.92. The van der Waals surface area contributed by atoms with Crippen LogP contribution >= 0.6 is 0 Å². The zero-order chi connectivity index (χ0) is 13.7. The second-order valence-electron chi connectivity index (χ2n) is 4.73. The maximum Gasteiger partial charge on any atom is 0.0839 e. The third-order valence-electron chi connectivity index (χ3n) is 3.26. The molecule has 0 radical (unpaired) electrons. The molecule has 4 nitrogen and oxygen atoms in total. The SMILES string of the molecule is CCCNC(c1ccn(C)n1)c1ccncc1CC. The number of aromatic nitrogens is 3. The molecule has 4 heteroatoms. The lowest BCUT2D eigenvalue weighted by Crippen LogP contribution is -2.25. The molecule has 0 bridgehead atoms. The molecule has 2 aromatic rings. The van der Waals surface area contributed by atoms with E-state index < -0.39 is 0 Å². The molecule has 19 heavy (non-hydrogen) atoms. The Morgan fingerprint density at radius 1 is 1.32 bits per heavy atom. The van der Waals surface area contributed by atoms with E-state index in [1.807, 2.05) is 30.3 Å². The lowest BCUT2D eigenvalue weighted by atomic mass is 9.98. The molecule has 0 fully saturated rings. The van der Waals surface area contributed by atoms with Gasteiger partial charge in [0.15, 0.2) is 0 Å². The molecule has 0 aliphatic heterocycles. The summed E-state index contributed by atoms with van der Waals surface area (Å²) in [5.74, 6) is 0. The number of pyridine rings is 1. The van der Waals surface area contributed by atoms with Crippen LogP contribution in [0.15, 0.2) is 30.7 Å². The van der Waals surface area contributed by atoms with Gasteiger partial charge in [-0.1, -0.05) is 13.8 Å². The summed E-state index contributed by atoms with van der Waals surface area (Å²) in [5, 5.41) is 8.14. The highest BCUT2D eigenvalue weighted by molar-refractivity contribution is 5.32. The third kappa shape index (κ3) is 3.20. The Morgan fingerprint density at radius 2 is 2.16 bits per heavy atom. The molecule has 0 aliphatic rings. The van der Waals surface area contributed by atoms with Crippen LogP contribution in [0.2, 0.25) is 0 Å². The number of hydrogen-bond acceptors (Lipinski definition) is 3. The molecule has 1 N–H and O–H groups in total. The molecule has 1 unspecified atom stereocenters. The van der Waals surface area contributed by atoms with E-state index in [4.69, 9.17) is 0 Å². The monoisotopic (exact) mass is 258 g/mol. The largest absolute Gasteiger partial charge is 0.305 e. The van der Waals surface area contributed by atoms with Crippen molar-refractivity contribution in [3.05, 3.63) is 47.5 Å². The second kappa shape index (κ2) is 6.48. The van der Waals surface area contributed by atoms with Gasteiger partial charge in [0.2, 0.25) is 0 Å². The van der Waals surface area contributed by atoms with E-state index >= 15 is 0 Å². The van der Waals surface area contributed by atoms with Crippen molar-refractivity contribution < 1.29 is 0 Å². The van der Waals surface area contributed by atoms with Gasteiger partial charge in [0.1, 0.15) is 0 Å². The molecule has 2 heterocycles. The van der Waals surface area contributed by atoms with Gasteiger partial charge in [0, 0.05) is 25.6 Å². The quantitative estimate of drug-likeness (QED) is 0.865. The van der Waals surface area contributed by atoms with Gasteiger partial charge in [-0.05, 0) is 42.6 Å². The van der Waals surface area contributed by atoms with E-state index in [1.165, 1.54) is 11.1 Å². The third-order valence-corrected chi connectivity index (χ3v) is 3.26. The zero-order valence-corrected chi connectivity index (χ0v) is 11.9. The van der Waals surface area contributed by atoms with E-state index in [1.54, 1.807) is 0 Å². The standard InChI is InChI=1S/C15H22N4/c1-4-8-17-15(14-7-10-19(3)18-14)13-6-9-16-11-12(13)5-2/h6-7,9-11,15,17H,4-5,8H2,1-3H3. The van der Waals surface area contributed by atoms with Crippen molar-refractivity contribution in [1.82, 2.24) is 20.1 Å². The Balaban J connectivity index is 2.36.